The minimum absolute atomic E-state index is 0.211. The molecule has 110 valence electrons. The predicted molar refractivity (Wildman–Crippen MR) is 84.6 cm³/mol. The van der Waals surface area contributed by atoms with Crippen molar-refractivity contribution in [2.75, 3.05) is 19.4 Å². The highest BCUT2D eigenvalue weighted by molar-refractivity contribution is 6.01. The fourth-order valence-corrected chi connectivity index (χ4v) is 2.24. The Morgan fingerprint density at radius 3 is 2.71 bits per heavy atom. The number of nitrogens with one attached hydrogen (secondary N) is 1. The molecule has 4 heteroatoms. The Kier molecular flexibility index (Phi) is 4.82. The van der Waals surface area contributed by atoms with E-state index >= 15 is 0 Å². The fraction of sp³-hybridized carbons (Fsp3) is 0.235. The van der Waals surface area contributed by atoms with Crippen LogP contribution in [0.1, 0.15) is 21.5 Å². The molecule has 0 radical (unpaired) electrons. The zero-order valence-corrected chi connectivity index (χ0v) is 12.3. The number of benzene rings is 2. The van der Waals surface area contributed by atoms with Crippen molar-refractivity contribution in [2.45, 2.75) is 13.3 Å². The van der Waals surface area contributed by atoms with Crippen LogP contribution < -0.4 is 15.8 Å². The topological polar surface area (TPSA) is 64.3 Å². The maximum atomic E-state index is 12.2. The highest BCUT2D eigenvalue weighted by Crippen LogP contribution is 2.23. The SMILES string of the molecule is COc1cccc(N)c1C(=O)NCCc1cccc(C)c1. The Bertz CT molecular complexity index is 638. The lowest BCUT2D eigenvalue weighted by molar-refractivity contribution is 0.0952. The summed E-state index contributed by atoms with van der Waals surface area (Å²) in [6.07, 6.45) is 0.780. The molecule has 0 aromatic heterocycles. The highest BCUT2D eigenvalue weighted by atomic mass is 16.5. The number of nitrogens with two attached hydrogens (primary N) is 1. The number of hydrogen-bond acceptors (Lipinski definition) is 3. The lowest BCUT2D eigenvalue weighted by atomic mass is 10.1. The first-order valence-electron chi connectivity index (χ1n) is 6.88. The van der Waals surface area contributed by atoms with Crippen molar-refractivity contribution in [1.29, 1.82) is 0 Å². The van der Waals surface area contributed by atoms with Gasteiger partial charge in [-0.2, -0.15) is 0 Å². The monoisotopic (exact) mass is 284 g/mol. The smallest absolute Gasteiger partial charge is 0.257 e. The van der Waals surface area contributed by atoms with Gasteiger partial charge in [0.2, 0.25) is 0 Å². The Morgan fingerprint density at radius 1 is 1.24 bits per heavy atom. The van der Waals surface area contributed by atoms with E-state index in [1.165, 1.54) is 18.2 Å². The molecule has 0 bridgehead atoms. The summed E-state index contributed by atoms with van der Waals surface area (Å²) >= 11 is 0. The Hall–Kier alpha value is -2.49. The zero-order chi connectivity index (χ0) is 15.2. The summed E-state index contributed by atoms with van der Waals surface area (Å²) in [5.74, 6) is 0.278. The summed E-state index contributed by atoms with van der Waals surface area (Å²) in [5.41, 5.74) is 9.08. The van der Waals surface area contributed by atoms with Crippen LogP contribution in [0.3, 0.4) is 0 Å². The van der Waals surface area contributed by atoms with Gasteiger partial charge in [-0.3, -0.25) is 4.79 Å². The van der Waals surface area contributed by atoms with E-state index in [0.29, 0.717) is 23.5 Å². The van der Waals surface area contributed by atoms with E-state index in [0.717, 1.165) is 6.42 Å². The Labute approximate surface area is 124 Å². The van der Waals surface area contributed by atoms with Crippen molar-refractivity contribution in [2.24, 2.45) is 0 Å². The Balaban J connectivity index is 1.99. The van der Waals surface area contributed by atoms with Gasteiger partial charge in [0.05, 0.1) is 7.11 Å². The second-order valence-electron chi connectivity index (χ2n) is 4.92. The van der Waals surface area contributed by atoms with E-state index < -0.39 is 0 Å². The minimum atomic E-state index is -0.211. The summed E-state index contributed by atoms with van der Waals surface area (Å²) in [7, 11) is 1.53. The third-order valence-corrected chi connectivity index (χ3v) is 3.29. The Morgan fingerprint density at radius 2 is 2.00 bits per heavy atom. The standard InChI is InChI=1S/C17H20N2O2/c1-12-5-3-6-13(11-12)9-10-19-17(20)16-14(18)7-4-8-15(16)21-2/h3-8,11H,9-10,18H2,1-2H3,(H,19,20). The first kappa shape index (κ1) is 14.9. The van der Waals surface area contributed by atoms with E-state index in [2.05, 4.69) is 30.4 Å². The first-order chi connectivity index (χ1) is 10.1. The molecule has 0 fully saturated rings. The normalized spacial score (nSPS) is 10.2. The molecular formula is C17H20N2O2. The molecule has 1 amide bonds. The number of anilines is 1. The molecule has 0 aliphatic carbocycles. The average Bonchev–Trinajstić information content (AvgIpc) is 2.46. The van der Waals surface area contributed by atoms with Crippen LogP contribution in [0.25, 0.3) is 0 Å². The van der Waals surface area contributed by atoms with Gasteiger partial charge >= 0.3 is 0 Å². The van der Waals surface area contributed by atoms with Crippen LogP contribution in [0.2, 0.25) is 0 Å². The molecule has 0 atom stereocenters. The molecule has 2 rings (SSSR count). The number of carbonyl (C=O) groups is 1. The van der Waals surface area contributed by atoms with Gasteiger partial charge in [0.1, 0.15) is 11.3 Å². The maximum absolute atomic E-state index is 12.2. The van der Waals surface area contributed by atoms with Gasteiger partial charge < -0.3 is 15.8 Å². The number of carbonyl (C=O) groups excluding carboxylic acids is 1. The van der Waals surface area contributed by atoms with Crippen LogP contribution in [0.5, 0.6) is 5.75 Å². The van der Waals surface area contributed by atoms with Gasteiger partial charge in [0.25, 0.3) is 5.91 Å². The molecule has 0 unspecified atom stereocenters. The van der Waals surface area contributed by atoms with Crippen molar-refractivity contribution in [3.05, 3.63) is 59.2 Å². The van der Waals surface area contributed by atoms with Gasteiger partial charge in [-0.15, -0.1) is 0 Å². The van der Waals surface area contributed by atoms with Crippen LogP contribution in [-0.4, -0.2) is 19.6 Å². The molecule has 2 aromatic carbocycles. The number of rotatable bonds is 5. The highest BCUT2D eigenvalue weighted by Gasteiger charge is 2.14. The van der Waals surface area contributed by atoms with E-state index in [1.54, 1.807) is 18.2 Å². The van der Waals surface area contributed by atoms with E-state index in [1.807, 2.05) is 6.07 Å². The second kappa shape index (κ2) is 6.79. The van der Waals surface area contributed by atoms with Gasteiger partial charge in [0, 0.05) is 12.2 Å². The molecule has 0 heterocycles. The van der Waals surface area contributed by atoms with Crippen LogP contribution in [0.15, 0.2) is 42.5 Å². The summed E-state index contributed by atoms with van der Waals surface area (Å²) in [6.45, 7) is 2.61. The van der Waals surface area contributed by atoms with Crippen LogP contribution in [-0.2, 0) is 6.42 Å². The quantitative estimate of drug-likeness (QED) is 0.829. The fourth-order valence-electron chi connectivity index (χ4n) is 2.24. The lowest BCUT2D eigenvalue weighted by Crippen LogP contribution is -2.27. The minimum Gasteiger partial charge on any atom is -0.496 e. The number of hydrogen-bond donors (Lipinski definition) is 2. The largest absolute Gasteiger partial charge is 0.496 e. The summed E-state index contributed by atoms with van der Waals surface area (Å²) in [6, 6.07) is 13.4. The number of aryl methyl sites for hydroxylation is 1. The lowest BCUT2D eigenvalue weighted by Gasteiger charge is -2.11. The average molecular weight is 284 g/mol. The van der Waals surface area contributed by atoms with Crippen LogP contribution in [0, 0.1) is 6.92 Å². The molecule has 3 N–H and O–H groups in total. The molecule has 2 aromatic rings. The number of methoxy groups -OCH3 is 1. The maximum Gasteiger partial charge on any atom is 0.257 e. The molecule has 0 aliphatic rings. The molecular weight excluding hydrogens is 264 g/mol. The molecule has 0 aliphatic heterocycles. The first-order valence-corrected chi connectivity index (χ1v) is 6.88. The molecule has 4 nitrogen and oxygen atoms in total. The zero-order valence-electron chi connectivity index (χ0n) is 12.3. The third-order valence-electron chi connectivity index (χ3n) is 3.29. The van der Waals surface area contributed by atoms with E-state index in [4.69, 9.17) is 10.5 Å². The number of ether oxygens (including phenoxy) is 1. The van der Waals surface area contributed by atoms with E-state index in [-0.39, 0.29) is 5.91 Å². The summed E-state index contributed by atoms with van der Waals surface area (Å²) in [5, 5.41) is 2.88. The predicted octanol–water partition coefficient (Wildman–Crippen LogP) is 2.56. The van der Waals surface area contributed by atoms with Crippen molar-refractivity contribution in [3.63, 3.8) is 0 Å². The summed E-state index contributed by atoms with van der Waals surface area (Å²) in [4.78, 5) is 12.2. The molecule has 0 saturated carbocycles. The van der Waals surface area contributed by atoms with E-state index in [9.17, 15) is 4.79 Å². The van der Waals surface area contributed by atoms with Crippen LogP contribution in [0.4, 0.5) is 5.69 Å². The van der Waals surface area contributed by atoms with Gasteiger partial charge in [-0.1, -0.05) is 35.9 Å². The van der Waals surface area contributed by atoms with Gasteiger partial charge in [-0.25, -0.2) is 0 Å². The van der Waals surface area contributed by atoms with Gasteiger partial charge in [0.15, 0.2) is 0 Å². The van der Waals surface area contributed by atoms with Crippen LogP contribution >= 0.6 is 0 Å². The van der Waals surface area contributed by atoms with Gasteiger partial charge in [-0.05, 0) is 31.0 Å². The second-order valence-corrected chi connectivity index (χ2v) is 4.92. The van der Waals surface area contributed by atoms with Crippen molar-refractivity contribution in [3.8, 4) is 5.75 Å². The number of nitrogen functional groups attached to an aromatic ring is 1. The molecule has 21 heavy (non-hydrogen) atoms. The summed E-state index contributed by atoms with van der Waals surface area (Å²) < 4.78 is 5.19. The van der Waals surface area contributed by atoms with Crippen molar-refractivity contribution in [1.82, 2.24) is 5.32 Å². The molecule has 0 saturated heterocycles. The number of amides is 1. The van der Waals surface area contributed by atoms with Crippen molar-refractivity contribution >= 4 is 11.6 Å². The van der Waals surface area contributed by atoms with Crippen molar-refractivity contribution < 1.29 is 9.53 Å². The molecule has 0 spiro atoms. The third kappa shape index (κ3) is 3.75.